The first kappa shape index (κ1) is 24.4. The SMILES string of the molecule is CCNC(=NCc1nc(C(F)(F)F)cs1)NCCN(CC)C(C)C.I. The molecule has 0 radical (unpaired) electrons. The smallest absolute Gasteiger partial charge is 0.357 e. The highest BCUT2D eigenvalue weighted by Crippen LogP contribution is 2.30. The summed E-state index contributed by atoms with van der Waals surface area (Å²) < 4.78 is 37.6. The predicted molar refractivity (Wildman–Crippen MR) is 108 cm³/mol. The third kappa shape index (κ3) is 9.04. The Labute approximate surface area is 168 Å². The minimum atomic E-state index is -4.40. The van der Waals surface area contributed by atoms with Crippen LogP contribution in [-0.4, -0.2) is 48.1 Å². The number of aliphatic imine (C=N–C) groups is 1. The minimum Gasteiger partial charge on any atom is -0.357 e. The lowest BCUT2D eigenvalue weighted by Crippen LogP contribution is -2.43. The van der Waals surface area contributed by atoms with Gasteiger partial charge in [-0.3, -0.25) is 4.90 Å². The highest BCUT2D eigenvalue weighted by atomic mass is 127. The van der Waals surface area contributed by atoms with Crippen LogP contribution in [0.4, 0.5) is 13.2 Å². The van der Waals surface area contributed by atoms with Gasteiger partial charge < -0.3 is 10.6 Å². The fourth-order valence-electron chi connectivity index (χ4n) is 2.10. The molecule has 0 saturated heterocycles. The van der Waals surface area contributed by atoms with E-state index in [-0.39, 0.29) is 30.5 Å². The van der Waals surface area contributed by atoms with Crippen LogP contribution < -0.4 is 10.6 Å². The van der Waals surface area contributed by atoms with Gasteiger partial charge in [0, 0.05) is 31.1 Å². The molecule has 0 aliphatic heterocycles. The second-order valence-electron chi connectivity index (χ2n) is 5.47. The quantitative estimate of drug-likeness (QED) is 0.331. The Morgan fingerprint density at radius 3 is 2.48 bits per heavy atom. The van der Waals surface area contributed by atoms with Gasteiger partial charge in [0.1, 0.15) is 5.01 Å². The van der Waals surface area contributed by atoms with E-state index < -0.39 is 11.9 Å². The zero-order valence-corrected chi connectivity index (χ0v) is 18.1. The van der Waals surface area contributed by atoms with Crippen molar-refractivity contribution < 1.29 is 13.2 Å². The second kappa shape index (κ2) is 11.9. The Balaban J connectivity index is 0.00000576. The number of nitrogens with zero attached hydrogens (tertiary/aromatic N) is 3. The van der Waals surface area contributed by atoms with Gasteiger partial charge in [-0.1, -0.05) is 6.92 Å². The molecule has 2 N–H and O–H groups in total. The summed E-state index contributed by atoms with van der Waals surface area (Å²) >= 11 is 0.971. The highest BCUT2D eigenvalue weighted by molar-refractivity contribution is 14.0. The van der Waals surface area contributed by atoms with Crippen molar-refractivity contribution in [3.8, 4) is 0 Å². The molecule has 1 rings (SSSR count). The highest BCUT2D eigenvalue weighted by Gasteiger charge is 2.33. The van der Waals surface area contributed by atoms with E-state index in [2.05, 4.69) is 46.3 Å². The van der Waals surface area contributed by atoms with Crippen LogP contribution in [0.15, 0.2) is 10.4 Å². The average molecular weight is 493 g/mol. The molecule has 1 aromatic heterocycles. The summed E-state index contributed by atoms with van der Waals surface area (Å²) in [6.45, 7) is 11.7. The fourth-order valence-corrected chi connectivity index (χ4v) is 2.83. The molecule has 0 amide bonds. The molecule has 146 valence electrons. The van der Waals surface area contributed by atoms with E-state index in [0.29, 0.717) is 30.1 Å². The number of aromatic nitrogens is 1. The summed E-state index contributed by atoms with van der Waals surface area (Å²) in [5.41, 5.74) is -0.855. The van der Waals surface area contributed by atoms with E-state index in [9.17, 15) is 13.2 Å². The molecule has 25 heavy (non-hydrogen) atoms. The van der Waals surface area contributed by atoms with Crippen molar-refractivity contribution in [2.45, 2.75) is 46.5 Å². The maximum atomic E-state index is 12.5. The Hall–Kier alpha value is -0.620. The van der Waals surface area contributed by atoms with Crippen LogP contribution in [0.2, 0.25) is 0 Å². The lowest BCUT2D eigenvalue weighted by molar-refractivity contribution is -0.140. The van der Waals surface area contributed by atoms with Crippen molar-refractivity contribution in [3.05, 3.63) is 16.1 Å². The average Bonchev–Trinajstić information content (AvgIpc) is 2.97. The Morgan fingerprint density at radius 2 is 2.00 bits per heavy atom. The molecule has 0 unspecified atom stereocenters. The van der Waals surface area contributed by atoms with E-state index in [1.54, 1.807) is 0 Å². The number of halogens is 4. The van der Waals surface area contributed by atoms with Crippen LogP contribution >= 0.6 is 35.3 Å². The number of hydrogen-bond acceptors (Lipinski definition) is 4. The first-order chi connectivity index (χ1) is 11.3. The first-order valence-electron chi connectivity index (χ1n) is 8.05. The standard InChI is InChI=1S/C15H26F3N5S.HI/c1-5-19-14(20-7-8-23(6-2)11(3)4)21-9-13-22-12(10-24-13)15(16,17)18;/h10-11H,5-9H2,1-4H3,(H2,19,20,21);1H. The lowest BCUT2D eigenvalue weighted by atomic mass is 10.3. The van der Waals surface area contributed by atoms with Crippen molar-refractivity contribution in [2.24, 2.45) is 4.99 Å². The van der Waals surface area contributed by atoms with Crippen LogP contribution in [0.1, 0.15) is 38.4 Å². The third-order valence-electron chi connectivity index (χ3n) is 3.39. The molecule has 0 aromatic carbocycles. The summed E-state index contributed by atoms with van der Waals surface area (Å²) in [5, 5.41) is 7.65. The number of likely N-dealkylation sites (N-methyl/N-ethyl adjacent to an activating group) is 1. The third-order valence-corrected chi connectivity index (χ3v) is 4.22. The first-order valence-corrected chi connectivity index (χ1v) is 8.93. The van der Waals surface area contributed by atoms with E-state index in [4.69, 9.17) is 0 Å². The molecule has 0 aliphatic rings. The van der Waals surface area contributed by atoms with E-state index in [1.165, 1.54) is 0 Å². The van der Waals surface area contributed by atoms with Crippen molar-refractivity contribution >= 4 is 41.3 Å². The van der Waals surface area contributed by atoms with Crippen molar-refractivity contribution in [1.29, 1.82) is 0 Å². The fraction of sp³-hybridized carbons (Fsp3) is 0.733. The minimum absolute atomic E-state index is 0. The van der Waals surface area contributed by atoms with E-state index in [1.807, 2.05) is 6.92 Å². The van der Waals surface area contributed by atoms with Gasteiger partial charge in [0.15, 0.2) is 11.7 Å². The van der Waals surface area contributed by atoms with Gasteiger partial charge in [-0.25, -0.2) is 9.98 Å². The number of thiazole rings is 1. The molecule has 1 aromatic rings. The van der Waals surface area contributed by atoms with Gasteiger partial charge >= 0.3 is 6.18 Å². The number of guanidine groups is 1. The van der Waals surface area contributed by atoms with Gasteiger partial charge in [0.2, 0.25) is 0 Å². The van der Waals surface area contributed by atoms with Crippen LogP contribution in [0.3, 0.4) is 0 Å². The maximum Gasteiger partial charge on any atom is 0.434 e. The molecule has 0 bridgehead atoms. The Bertz CT molecular complexity index is 520. The Kier molecular flexibility index (Phi) is 11.6. The lowest BCUT2D eigenvalue weighted by Gasteiger charge is -2.25. The van der Waals surface area contributed by atoms with Gasteiger partial charge in [-0.05, 0) is 27.3 Å². The van der Waals surface area contributed by atoms with Gasteiger partial charge in [-0.2, -0.15) is 13.2 Å². The molecular formula is C15H27F3IN5S. The zero-order chi connectivity index (χ0) is 18.2. The zero-order valence-electron chi connectivity index (χ0n) is 15.0. The maximum absolute atomic E-state index is 12.5. The summed E-state index contributed by atoms with van der Waals surface area (Å²) in [5.74, 6) is 0.584. The van der Waals surface area contributed by atoms with Crippen molar-refractivity contribution in [2.75, 3.05) is 26.2 Å². The van der Waals surface area contributed by atoms with Crippen molar-refractivity contribution in [1.82, 2.24) is 20.5 Å². The monoisotopic (exact) mass is 493 g/mol. The topological polar surface area (TPSA) is 52.6 Å². The summed E-state index contributed by atoms with van der Waals surface area (Å²) in [6, 6.07) is 0.465. The predicted octanol–water partition coefficient (Wildman–Crippen LogP) is 3.57. The van der Waals surface area contributed by atoms with Crippen LogP contribution in [0.25, 0.3) is 0 Å². The van der Waals surface area contributed by atoms with E-state index in [0.717, 1.165) is 29.8 Å². The number of rotatable bonds is 8. The summed E-state index contributed by atoms with van der Waals surface area (Å²) in [7, 11) is 0. The molecule has 0 fully saturated rings. The second-order valence-corrected chi connectivity index (χ2v) is 6.41. The summed E-state index contributed by atoms with van der Waals surface area (Å²) in [4.78, 5) is 10.2. The normalized spacial score (nSPS) is 12.4. The number of hydrogen-bond donors (Lipinski definition) is 2. The molecule has 10 heteroatoms. The molecule has 0 spiro atoms. The molecule has 0 saturated carbocycles. The van der Waals surface area contributed by atoms with E-state index >= 15 is 0 Å². The molecule has 0 atom stereocenters. The van der Waals surface area contributed by atoms with Crippen LogP contribution in [-0.2, 0) is 12.7 Å². The molecule has 1 heterocycles. The van der Waals surface area contributed by atoms with Gasteiger partial charge in [-0.15, -0.1) is 35.3 Å². The largest absolute Gasteiger partial charge is 0.434 e. The van der Waals surface area contributed by atoms with Crippen LogP contribution in [0.5, 0.6) is 0 Å². The summed E-state index contributed by atoms with van der Waals surface area (Å²) in [6.07, 6.45) is -4.40. The molecule has 0 aliphatic carbocycles. The van der Waals surface area contributed by atoms with Gasteiger partial charge in [0.05, 0.1) is 6.54 Å². The van der Waals surface area contributed by atoms with Gasteiger partial charge in [0.25, 0.3) is 0 Å². The number of nitrogens with one attached hydrogen (secondary N) is 2. The molecule has 5 nitrogen and oxygen atoms in total. The van der Waals surface area contributed by atoms with Crippen LogP contribution in [0, 0.1) is 0 Å². The Morgan fingerprint density at radius 1 is 1.32 bits per heavy atom. The molecular weight excluding hydrogens is 466 g/mol. The number of alkyl halides is 3. The van der Waals surface area contributed by atoms with Crippen molar-refractivity contribution in [3.63, 3.8) is 0 Å².